The molecule has 80 heavy (non-hydrogen) atoms. The van der Waals surface area contributed by atoms with Crippen molar-refractivity contribution in [3.8, 4) is 0 Å². The molecule has 4 heterocycles. The van der Waals surface area contributed by atoms with Gasteiger partial charge in [-0.15, -0.1) is 0 Å². The SMILES string of the molecule is COC(=O)C1CC(=O)NC1c1ccc(F)cc1.N[C@H]1CC(=O)NC1c1ccc(F)cc1.O=C1C[C@H](C(=O)O)C(c2ccc(F)cc2)N1.O=C1C[C@H](NC(=O)OCc2ccccc2)[C@@H](c2ccc(F)cc2)N1.OCc1ccccc1.[B]. The van der Waals surface area contributed by atoms with Crippen molar-refractivity contribution in [3.05, 3.63) is 214 Å². The van der Waals surface area contributed by atoms with Gasteiger partial charge in [-0.05, 0) is 81.9 Å². The third-order valence-electron chi connectivity index (χ3n) is 12.8. The molecule has 8 atom stereocenters. The molecule has 4 unspecified atom stereocenters. The smallest absolute Gasteiger partial charge is 0.407 e. The molecular weight excluding hydrogens is 1040 g/mol. The number of amides is 5. The van der Waals surface area contributed by atoms with E-state index in [9.17, 15) is 51.1 Å². The number of benzene rings is 6. The van der Waals surface area contributed by atoms with Crippen molar-refractivity contribution >= 4 is 50.1 Å². The Hall–Kier alpha value is -8.89. The molecule has 0 spiro atoms. The van der Waals surface area contributed by atoms with Crippen LogP contribution in [0, 0.1) is 35.1 Å². The number of carboxylic acids is 1. The van der Waals surface area contributed by atoms with Gasteiger partial charge in [-0.2, -0.15) is 0 Å². The number of alkyl carbamates (subject to hydrolysis) is 1. The van der Waals surface area contributed by atoms with Crippen molar-refractivity contribution in [1.29, 1.82) is 0 Å². The van der Waals surface area contributed by atoms with Gasteiger partial charge in [0.15, 0.2) is 0 Å². The van der Waals surface area contributed by atoms with Crippen LogP contribution >= 0.6 is 0 Å². The number of halogens is 4. The number of carbonyl (C=O) groups is 7. The fourth-order valence-electron chi connectivity index (χ4n) is 8.82. The Morgan fingerprint density at radius 2 is 0.887 bits per heavy atom. The number of aliphatic carboxylic acids is 1. The summed E-state index contributed by atoms with van der Waals surface area (Å²) in [6.45, 7) is 0.294. The van der Waals surface area contributed by atoms with Gasteiger partial charge in [0.05, 0.1) is 55.8 Å². The molecule has 4 fully saturated rings. The lowest BCUT2D eigenvalue weighted by atomic mass is 9.94. The third-order valence-corrected chi connectivity index (χ3v) is 12.8. The summed E-state index contributed by atoms with van der Waals surface area (Å²) in [5.41, 5.74) is 10.5. The maximum Gasteiger partial charge on any atom is 0.407 e. The number of nitrogens with two attached hydrogens (primary N) is 1. The molecule has 0 aromatic heterocycles. The minimum absolute atomic E-state index is 0. The number of carboxylic acid groups (broad SMARTS) is 1. The number of aliphatic hydroxyl groups is 1. The van der Waals surface area contributed by atoms with E-state index in [0.717, 1.165) is 22.3 Å². The van der Waals surface area contributed by atoms with E-state index in [1.807, 2.05) is 60.7 Å². The van der Waals surface area contributed by atoms with Crippen LogP contribution in [0.5, 0.6) is 0 Å². The Balaban J connectivity index is 0.000000190. The minimum Gasteiger partial charge on any atom is -0.481 e. The second-order valence-electron chi connectivity index (χ2n) is 18.4. The summed E-state index contributed by atoms with van der Waals surface area (Å²) in [5.74, 6) is -4.86. The average molecular weight is 1100 g/mol. The highest BCUT2D eigenvalue weighted by molar-refractivity contribution is 5.88. The molecule has 0 bridgehead atoms. The summed E-state index contributed by atoms with van der Waals surface area (Å²) in [6, 6.07) is 39.7. The third kappa shape index (κ3) is 18.4. The first kappa shape index (κ1) is 62.0. The molecule has 17 nitrogen and oxygen atoms in total. The molecule has 6 aromatic carbocycles. The Morgan fingerprint density at radius 1 is 0.525 bits per heavy atom. The van der Waals surface area contributed by atoms with Gasteiger partial charge in [-0.25, -0.2) is 22.4 Å². The zero-order valence-corrected chi connectivity index (χ0v) is 43.1. The maximum atomic E-state index is 13.0. The van der Waals surface area contributed by atoms with Crippen LogP contribution < -0.4 is 32.3 Å². The van der Waals surface area contributed by atoms with Gasteiger partial charge < -0.3 is 52.0 Å². The zero-order chi connectivity index (χ0) is 57.0. The number of hydrogen-bond donors (Lipinski definition) is 8. The van der Waals surface area contributed by atoms with Gasteiger partial charge in [0.1, 0.15) is 29.9 Å². The fraction of sp³-hybridized carbons (Fsp3) is 0.259. The average Bonchev–Trinajstić information content (AvgIpc) is 4.24. The lowest BCUT2D eigenvalue weighted by molar-refractivity contribution is -0.146. The van der Waals surface area contributed by atoms with E-state index in [1.165, 1.54) is 67.8 Å². The van der Waals surface area contributed by atoms with Gasteiger partial charge in [0.25, 0.3) is 0 Å². The summed E-state index contributed by atoms with van der Waals surface area (Å²) < 4.78 is 61.0. The summed E-state index contributed by atoms with van der Waals surface area (Å²) >= 11 is 0. The van der Waals surface area contributed by atoms with Gasteiger partial charge in [0, 0.05) is 40.1 Å². The van der Waals surface area contributed by atoms with Gasteiger partial charge in [-0.1, -0.05) is 109 Å². The van der Waals surface area contributed by atoms with Crippen LogP contribution in [-0.4, -0.2) is 79.5 Å². The van der Waals surface area contributed by atoms with Crippen LogP contribution in [-0.2, 0) is 51.5 Å². The van der Waals surface area contributed by atoms with Crippen molar-refractivity contribution in [2.45, 2.75) is 75.1 Å². The lowest BCUT2D eigenvalue weighted by Crippen LogP contribution is -2.38. The molecule has 9 N–H and O–H groups in total. The van der Waals surface area contributed by atoms with Gasteiger partial charge >= 0.3 is 18.0 Å². The van der Waals surface area contributed by atoms with Gasteiger partial charge in [0.2, 0.25) is 23.6 Å². The normalized spacial score (nSPS) is 21.2. The molecule has 0 aliphatic carbocycles. The number of methoxy groups -OCH3 is 1. The minimum atomic E-state index is -1.02. The molecule has 6 aromatic rings. The van der Waals surface area contributed by atoms with Crippen LogP contribution in [0.25, 0.3) is 0 Å². The van der Waals surface area contributed by atoms with Gasteiger partial charge in [-0.3, -0.25) is 28.8 Å². The molecule has 417 valence electrons. The highest BCUT2D eigenvalue weighted by Crippen LogP contribution is 2.32. The quantitative estimate of drug-likeness (QED) is 0.0418. The Kier molecular flexibility index (Phi) is 23.5. The Labute approximate surface area is 460 Å². The molecule has 3 radical (unpaired) electrons. The topological polar surface area (TPSA) is 265 Å². The van der Waals surface area contributed by atoms with Crippen LogP contribution in [0.1, 0.15) is 83.2 Å². The monoisotopic (exact) mass is 1100 g/mol. The maximum absolute atomic E-state index is 13.0. The molecule has 4 aliphatic heterocycles. The van der Waals surface area contributed by atoms with Crippen LogP contribution in [0.3, 0.4) is 0 Å². The predicted octanol–water partition coefficient (Wildman–Crippen LogP) is 6.46. The van der Waals surface area contributed by atoms with E-state index < -0.39 is 54.0 Å². The molecule has 5 amide bonds. The number of aliphatic hydroxyl groups excluding tert-OH is 1. The number of ether oxygens (including phenoxy) is 2. The first-order valence-corrected chi connectivity index (χ1v) is 24.8. The van der Waals surface area contributed by atoms with Crippen LogP contribution in [0.2, 0.25) is 0 Å². The molecule has 10 rings (SSSR count). The number of hydrogen-bond acceptors (Lipinski definition) is 11. The molecule has 4 saturated heterocycles. The summed E-state index contributed by atoms with van der Waals surface area (Å²) in [5, 5.41) is 31.0. The second-order valence-corrected chi connectivity index (χ2v) is 18.4. The molecule has 0 saturated carbocycles. The highest BCUT2D eigenvalue weighted by Gasteiger charge is 2.40. The first-order chi connectivity index (χ1) is 37.9. The zero-order valence-electron chi connectivity index (χ0n) is 43.1. The first-order valence-electron chi connectivity index (χ1n) is 24.8. The number of carbonyl (C=O) groups excluding carboxylic acids is 6. The van der Waals surface area contributed by atoms with Crippen molar-refractivity contribution in [1.82, 2.24) is 26.6 Å². The number of esters is 1. The van der Waals surface area contributed by atoms with Crippen molar-refractivity contribution in [3.63, 3.8) is 0 Å². The van der Waals surface area contributed by atoms with Crippen LogP contribution in [0.15, 0.2) is 158 Å². The largest absolute Gasteiger partial charge is 0.481 e. The van der Waals surface area contributed by atoms with E-state index in [2.05, 4.69) is 31.3 Å². The molecule has 22 heteroatoms. The van der Waals surface area contributed by atoms with E-state index >= 15 is 0 Å². The van der Waals surface area contributed by atoms with E-state index in [4.69, 9.17) is 20.7 Å². The predicted molar refractivity (Wildman–Crippen MR) is 284 cm³/mol. The van der Waals surface area contributed by atoms with E-state index in [-0.39, 0.29) is 99.9 Å². The summed E-state index contributed by atoms with van der Waals surface area (Å²) in [4.78, 5) is 79.6. The highest BCUT2D eigenvalue weighted by atomic mass is 19.1. The Morgan fingerprint density at radius 3 is 1.29 bits per heavy atom. The van der Waals surface area contributed by atoms with E-state index in [0.29, 0.717) is 17.5 Å². The Bertz CT molecular complexity index is 3010. The summed E-state index contributed by atoms with van der Waals surface area (Å²) in [6.07, 6.45) is -0.0242. The number of rotatable bonds is 10. The molecular formula is C58H58BF4N6O11. The van der Waals surface area contributed by atoms with E-state index in [1.54, 1.807) is 36.4 Å². The number of nitrogens with one attached hydrogen (secondary N) is 5. The van der Waals surface area contributed by atoms with Crippen molar-refractivity contribution in [2.75, 3.05) is 7.11 Å². The van der Waals surface area contributed by atoms with Crippen LogP contribution in [0.4, 0.5) is 22.4 Å². The summed E-state index contributed by atoms with van der Waals surface area (Å²) in [7, 11) is 1.28. The second kappa shape index (κ2) is 30.3. The van der Waals surface area contributed by atoms with Crippen molar-refractivity contribution in [2.24, 2.45) is 17.6 Å². The lowest BCUT2D eigenvalue weighted by Gasteiger charge is -2.20. The standard InChI is InChI=1S/C18H17FN2O3.C12H12FNO3.C11H10FNO3.C10H11FN2O.C7H8O.B/c19-14-8-6-13(7-9-14)17-15(10-16(22)21-17)20-18(23)24-11-12-4-2-1-3-5-12;1-17-12(16)9-6-10(15)14-11(9)7-2-4-8(13)5-3-7;12-7-3-1-6(2-4-7)10-8(11(15)16)5-9(14)13-10;11-7-3-1-6(2-4-7)10-8(12)5-9(14)13-10;8-6-7-4-2-1-3-5-7;/h1-9,15,17H,10-11H2,(H,20,23)(H,21,22);2-5,9,11H,6H2,1H3,(H,14,15);1-4,8,10H,5H2,(H,13,14)(H,15,16);1-4,8,10H,5,12H2,(H,13,14);1-5,8H,6H2;/t15-,17+;;2*8-,10?;;/m0.00../s1. The molecule has 4 aliphatic rings. The van der Waals surface area contributed by atoms with Crippen molar-refractivity contribution < 1.29 is 70.8 Å². The fourth-order valence-corrected chi connectivity index (χ4v) is 8.82.